The summed E-state index contributed by atoms with van der Waals surface area (Å²) >= 11 is 0. The predicted molar refractivity (Wildman–Crippen MR) is 111 cm³/mol. The van der Waals surface area contributed by atoms with Crippen molar-refractivity contribution in [3.63, 3.8) is 0 Å². The van der Waals surface area contributed by atoms with Gasteiger partial charge in [-0.2, -0.15) is 5.12 Å². The molecule has 8 nitrogen and oxygen atoms in total. The Labute approximate surface area is 168 Å². The van der Waals surface area contributed by atoms with E-state index in [-0.39, 0.29) is 23.0 Å². The van der Waals surface area contributed by atoms with E-state index in [0.29, 0.717) is 34.3 Å². The third-order valence-corrected chi connectivity index (χ3v) is 4.45. The van der Waals surface area contributed by atoms with Gasteiger partial charge < -0.3 is 16.8 Å². The summed E-state index contributed by atoms with van der Waals surface area (Å²) in [6.45, 7) is 4.56. The maximum Gasteiger partial charge on any atom is 0.250 e. The van der Waals surface area contributed by atoms with E-state index in [1.165, 1.54) is 18.5 Å². The molecular weight excluding hydrogens is 373 g/mol. The number of halogens is 1. The van der Waals surface area contributed by atoms with Crippen molar-refractivity contribution in [3.8, 4) is 0 Å². The lowest BCUT2D eigenvalue weighted by molar-refractivity contribution is 0.1000. The Morgan fingerprint density at radius 1 is 1.24 bits per heavy atom. The van der Waals surface area contributed by atoms with Crippen LogP contribution in [0.1, 0.15) is 30.6 Å². The smallest absolute Gasteiger partial charge is 0.250 e. The lowest BCUT2D eigenvalue weighted by Gasteiger charge is -2.25. The molecule has 9 heteroatoms. The molecule has 0 aliphatic heterocycles. The Balaban J connectivity index is 2.09. The minimum absolute atomic E-state index is 0.0701. The van der Waals surface area contributed by atoms with Crippen molar-refractivity contribution in [2.45, 2.75) is 26.3 Å². The van der Waals surface area contributed by atoms with Crippen molar-refractivity contribution in [2.75, 3.05) is 17.0 Å². The number of nitrogens with one attached hydrogen (secondary N) is 1. The Morgan fingerprint density at radius 3 is 2.69 bits per heavy atom. The van der Waals surface area contributed by atoms with Crippen molar-refractivity contribution in [1.29, 1.82) is 0 Å². The van der Waals surface area contributed by atoms with Crippen molar-refractivity contribution in [2.24, 2.45) is 17.4 Å². The second-order valence-corrected chi connectivity index (χ2v) is 7.17. The van der Waals surface area contributed by atoms with Gasteiger partial charge in [-0.3, -0.25) is 19.7 Å². The number of pyridine rings is 1. The highest BCUT2D eigenvalue weighted by atomic mass is 19.2. The van der Waals surface area contributed by atoms with Crippen LogP contribution in [0.2, 0.25) is 0 Å². The number of fused-ring (bicyclic) bond motifs is 1. The van der Waals surface area contributed by atoms with Crippen LogP contribution in [0.15, 0.2) is 43.0 Å². The highest BCUT2D eigenvalue weighted by molar-refractivity contribution is 5.97. The Bertz CT molecular complexity index is 1010. The van der Waals surface area contributed by atoms with Gasteiger partial charge in [-0.25, -0.2) is 0 Å². The van der Waals surface area contributed by atoms with Gasteiger partial charge in [-0.15, -0.1) is 0 Å². The molecule has 0 fully saturated rings. The molecule has 2 aromatic heterocycles. The molecule has 1 amide bonds. The number of rotatable bonds is 8. The summed E-state index contributed by atoms with van der Waals surface area (Å²) in [6.07, 6.45) is 6.53. The predicted octanol–water partition coefficient (Wildman–Crippen LogP) is 2.93. The van der Waals surface area contributed by atoms with Gasteiger partial charge in [0.1, 0.15) is 11.2 Å². The maximum atomic E-state index is 15.4. The van der Waals surface area contributed by atoms with E-state index in [9.17, 15) is 4.79 Å². The van der Waals surface area contributed by atoms with Crippen molar-refractivity contribution in [3.05, 3.63) is 48.5 Å². The number of nitrogens with zero attached hydrogens (tertiary/aromatic N) is 4. The monoisotopic (exact) mass is 397 g/mol. The van der Waals surface area contributed by atoms with Crippen LogP contribution in [0.4, 0.5) is 21.5 Å². The van der Waals surface area contributed by atoms with E-state index >= 15 is 4.48 Å². The van der Waals surface area contributed by atoms with Crippen LogP contribution in [0.25, 0.3) is 11.0 Å². The first-order chi connectivity index (χ1) is 13.9. The van der Waals surface area contributed by atoms with Crippen LogP contribution in [-0.4, -0.2) is 33.4 Å². The van der Waals surface area contributed by atoms with Crippen molar-refractivity contribution >= 4 is 34.0 Å². The lowest BCUT2D eigenvalue weighted by atomic mass is 10.0. The van der Waals surface area contributed by atoms with Crippen LogP contribution in [0.3, 0.4) is 0 Å². The fourth-order valence-corrected chi connectivity index (χ4v) is 3.13. The van der Waals surface area contributed by atoms with Gasteiger partial charge in [0.25, 0.3) is 0 Å². The molecule has 0 spiro atoms. The molecule has 0 aliphatic carbocycles. The first-order valence-corrected chi connectivity index (χ1v) is 9.31. The summed E-state index contributed by atoms with van der Waals surface area (Å²) in [7, 11) is 0. The molecule has 3 aromatic rings. The third kappa shape index (κ3) is 4.57. The average Bonchev–Trinajstić information content (AvgIpc) is 2.72. The minimum atomic E-state index is -0.685. The molecule has 0 unspecified atom stereocenters. The summed E-state index contributed by atoms with van der Waals surface area (Å²) in [5, 5.41) is 3.78. The molecule has 152 valence electrons. The molecule has 0 radical (unpaired) electrons. The SMILES string of the molecule is CC(C)C[C@H](CN)Nc1c(N(F)c2cncc(C(N)=O)c2)ccc2nccnc12. The topological polar surface area (TPSA) is 123 Å². The van der Waals surface area contributed by atoms with Gasteiger partial charge in [0, 0.05) is 31.2 Å². The van der Waals surface area contributed by atoms with Crippen molar-refractivity contribution in [1.82, 2.24) is 15.0 Å². The minimum Gasteiger partial charge on any atom is -0.377 e. The quantitative estimate of drug-likeness (QED) is 0.499. The van der Waals surface area contributed by atoms with Gasteiger partial charge in [0.15, 0.2) is 0 Å². The Kier molecular flexibility index (Phi) is 6.18. The summed E-state index contributed by atoms with van der Waals surface area (Å²) < 4.78 is 15.4. The number of hydrogen-bond acceptors (Lipinski definition) is 7. The number of primary amides is 1. The molecular formula is C20H24FN7O. The summed E-state index contributed by atoms with van der Waals surface area (Å²) in [6, 6.07) is 4.54. The Hall–Kier alpha value is -3.33. The van der Waals surface area contributed by atoms with Crippen LogP contribution in [-0.2, 0) is 0 Å². The zero-order valence-corrected chi connectivity index (χ0v) is 16.3. The molecule has 2 heterocycles. The van der Waals surface area contributed by atoms with E-state index in [0.717, 1.165) is 6.42 Å². The standard InChI is InChI=1S/C20H24FN7O/c1-12(2)7-14(9-22)27-19-17(4-3-16-18(19)26-6-5-25-16)28(21)15-8-13(20(23)29)10-24-11-15/h3-6,8,10-12,14,27H,7,9,22H2,1-2H3,(H2,23,29)/t14-/m1/s1. The molecule has 0 saturated heterocycles. The summed E-state index contributed by atoms with van der Waals surface area (Å²) in [5.74, 6) is -0.283. The molecule has 0 aliphatic rings. The van der Waals surface area contributed by atoms with Crippen LogP contribution in [0.5, 0.6) is 0 Å². The highest BCUT2D eigenvalue weighted by Gasteiger charge is 2.21. The number of benzene rings is 1. The first kappa shape index (κ1) is 20.4. The van der Waals surface area contributed by atoms with Crippen LogP contribution in [0, 0.1) is 5.92 Å². The average molecular weight is 397 g/mol. The number of hydrogen-bond donors (Lipinski definition) is 3. The molecule has 1 atom stereocenters. The van der Waals surface area contributed by atoms with Gasteiger partial charge >= 0.3 is 0 Å². The number of amides is 1. The van der Waals surface area contributed by atoms with E-state index in [1.54, 1.807) is 24.5 Å². The van der Waals surface area contributed by atoms with Gasteiger partial charge in [0.05, 0.1) is 28.7 Å². The number of carbonyl (C=O) groups is 1. The zero-order chi connectivity index (χ0) is 21.0. The van der Waals surface area contributed by atoms with E-state index in [2.05, 4.69) is 34.1 Å². The van der Waals surface area contributed by atoms with E-state index < -0.39 is 5.91 Å². The molecule has 29 heavy (non-hydrogen) atoms. The first-order valence-electron chi connectivity index (χ1n) is 9.31. The fraction of sp³-hybridized carbons (Fsp3) is 0.300. The molecule has 0 saturated carbocycles. The van der Waals surface area contributed by atoms with Gasteiger partial charge in [-0.1, -0.05) is 18.3 Å². The van der Waals surface area contributed by atoms with Gasteiger partial charge in [-0.05, 0) is 30.5 Å². The van der Waals surface area contributed by atoms with Crippen molar-refractivity contribution < 1.29 is 9.28 Å². The second-order valence-electron chi connectivity index (χ2n) is 7.17. The largest absolute Gasteiger partial charge is 0.377 e. The summed E-state index contributed by atoms with van der Waals surface area (Å²) in [5.41, 5.74) is 13.2. The number of anilines is 3. The highest BCUT2D eigenvalue weighted by Crippen LogP contribution is 2.37. The van der Waals surface area contributed by atoms with E-state index in [1.807, 2.05) is 0 Å². The van der Waals surface area contributed by atoms with E-state index in [4.69, 9.17) is 11.5 Å². The maximum absolute atomic E-state index is 15.4. The van der Waals surface area contributed by atoms with Crippen LogP contribution >= 0.6 is 0 Å². The molecule has 0 bridgehead atoms. The van der Waals surface area contributed by atoms with Crippen LogP contribution < -0.4 is 21.9 Å². The number of nitrogens with two attached hydrogens (primary N) is 2. The fourth-order valence-electron chi connectivity index (χ4n) is 3.13. The molecule has 5 N–H and O–H groups in total. The second kappa shape index (κ2) is 8.78. The summed E-state index contributed by atoms with van der Waals surface area (Å²) in [4.78, 5) is 24.0. The zero-order valence-electron chi connectivity index (χ0n) is 16.3. The van der Waals surface area contributed by atoms with Gasteiger partial charge in [0.2, 0.25) is 5.91 Å². The molecule has 3 rings (SSSR count). The molecule has 1 aromatic carbocycles. The number of aromatic nitrogens is 3. The Morgan fingerprint density at radius 2 is 2.00 bits per heavy atom. The third-order valence-electron chi connectivity index (χ3n) is 4.45. The lowest BCUT2D eigenvalue weighted by Crippen LogP contribution is -2.31. The normalized spacial score (nSPS) is 12.2. The number of carbonyl (C=O) groups excluding carboxylic acids is 1.